The van der Waals surface area contributed by atoms with Crippen molar-refractivity contribution in [2.45, 2.75) is 85.1 Å². The molecule has 4 aliphatic carbocycles. The van der Waals surface area contributed by atoms with E-state index in [1.54, 1.807) is 0 Å². The third-order valence-corrected chi connectivity index (χ3v) is 7.10. The predicted molar refractivity (Wildman–Crippen MR) is 86.8 cm³/mol. The van der Waals surface area contributed by atoms with Gasteiger partial charge in [0.15, 0.2) is 0 Å². The molecule has 1 N–H and O–H groups in total. The molecule has 1 heteroatoms. The molecular formula is C19H35N. The highest BCUT2D eigenvalue weighted by Gasteiger charge is 2.60. The minimum Gasteiger partial charge on any atom is -0.317 e. The van der Waals surface area contributed by atoms with E-state index >= 15 is 0 Å². The standard InChI is InChI=1S/C19H35N/c1-6-14(2)16(20-5)10-19-9-15-7-17(3,12-19)11-18(4,8-15)13-19/h14-16,20H,6-13H2,1-5H3. The zero-order chi connectivity index (χ0) is 14.6. The van der Waals surface area contributed by atoms with Gasteiger partial charge in [0.25, 0.3) is 0 Å². The van der Waals surface area contributed by atoms with Crippen LogP contribution >= 0.6 is 0 Å². The fraction of sp³-hybridized carbons (Fsp3) is 1.00. The van der Waals surface area contributed by atoms with Gasteiger partial charge in [0.1, 0.15) is 0 Å². The second-order valence-corrected chi connectivity index (χ2v) is 9.61. The summed E-state index contributed by atoms with van der Waals surface area (Å²) in [6, 6.07) is 0.725. The van der Waals surface area contributed by atoms with Gasteiger partial charge in [-0.25, -0.2) is 0 Å². The topological polar surface area (TPSA) is 12.0 Å². The Kier molecular flexibility index (Phi) is 3.52. The summed E-state index contributed by atoms with van der Waals surface area (Å²) in [7, 11) is 2.18. The van der Waals surface area contributed by atoms with Crippen LogP contribution in [-0.2, 0) is 0 Å². The van der Waals surface area contributed by atoms with E-state index in [-0.39, 0.29) is 0 Å². The summed E-state index contributed by atoms with van der Waals surface area (Å²) in [5.41, 5.74) is 2.00. The van der Waals surface area contributed by atoms with E-state index < -0.39 is 0 Å². The number of rotatable bonds is 5. The molecule has 0 aromatic heterocycles. The van der Waals surface area contributed by atoms with Gasteiger partial charge in [-0.15, -0.1) is 0 Å². The Balaban J connectivity index is 1.81. The van der Waals surface area contributed by atoms with Crippen molar-refractivity contribution < 1.29 is 0 Å². The van der Waals surface area contributed by atoms with Crippen molar-refractivity contribution >= 4 is 0 Å². The maximum absolute atomic E-state index is 3.65. The van der Waals surface area contributed by atoms with Crippen molar-refractivity contribution in [2.75, 3.05) is 7.05 Å². The average molecular weight is 277 g/mol. The van der Waals surface area contributed by atoms with Crippen LogP contribution in [0, 0.1) is 28.1 Å². The summed E-state index contributed by atoms with van der Waals surface area (Å²) >= 11 is 0. The van der Waals surface area contributed by atoms with E-state index in [1.165, 1.54) is 51.4 Å². The van der Waals surface area contributed by atoms with Crippen molar-refractivity contribution in [2.24, 2.45) is 28.1 Å². The normalized spacial score (nSPS) is 49.4. The molecule has 0 spiro atoms. The first-order chi connectivity index (χ1) is 9.31. The maximum Gasteiger partial charge on any atom is 0.00948 e. The Morgan fingerprint density at radius 3 is 2.10 bits per heavy atom. The Labute approximate surface area is 126 Å². The van der Waals surface area contributed by atoms with Crippen LogP contribution < -0.4 is 5.32 Å². The van der Waals surface area contributed by atoms with Crippen molar-refractivity contribution in [1.82, 2.24) is 5.32 Å². The zero-order valence-electron chi connectivity index (χ0n) is 14.4. The van der Waals surface area contributed by atoms with Crippen LogP contribution in [0.3, 0.4) is 0 Å². The minimum atomic E-state index is 0.667. The highest BCUT2D eigenvalue weighted by Crippen LogP contribution is 2.70. The predicted octanol–water partition coefficient (Wildman–Crippen LogP) is 5.01. The Morgan fingerprint density at radius 2 is 1.65 bits per heavy atom. The average Bonchev–Trinajstić information content (AvgIpc) is 2.30. The van der Waals surface area contributed by atoms with Gasteiger partial charge < -0.3 is 5.32 Å². The Bertz CT molecular complexity index is 356. The number of hydrogen-bond donors (Lipinski definition) is 1. The monoisotopic (exact) mass is 277 g/mol. The van der Waals surface area contributed by atoms with Gasteiger partial charge >= 0.3 is 0 Å². The molecule has 4 atom stereocenters. The lowest BCUT2D eigenvalue weighted by Crippen LogP contribution is -2.56. The molecule has 0 saturated heterocycles. The molecule has 0 radical (unpaired) electrons. The smallest absolute Gasteiger partial charge is 0.00948 e. The summed E-state index contributed by atoms with van der Waals surface area (Å²) in [4.78, 5) is 0. The van der Waals surface area contributed by atoms with Crippen LogP contribution in [0.2, 0.25) is 0 Å². The molecular weight excluding hydrogens is 242 g/mol. The second-order valence-electron chi connectivity index (χ2n) is 9.61. The fourth-order valence-electron chi connectivity index (χ4n) is 7.25. The van der Waals surface area contributed by atoms with E-state index in [1.807, 2.05) is 0 Å². The fourth-order valence-corrected chi connectivity index (χ4v) is 7.25. The molecule has 4 saturated carbocycles. The quantitative estimate of drug-likeness (QED) is 0.745. The van der Waals surface area contributed by atoms with E-state index in [4.69, 9.17) is 0 Å². The van der Waals surface area contributed by atoms with Crippen molar-refractivity contribution in [3.63, 3.8) is 0 Å². The van der Waals surface area contributed by atoms with Crippen LogP contribution in [0.1, 0.15) is 79.1 Å². The highest BCUT2D eigenvalue weighted by atomic mass is 14.9. The molecule has 4 fully saturated rings. The second kappa shape index (κ2) is 4.73. The van der Waals surface area contributed by atoms with Crippen molar-refractivity contribution in [1.29, 1.82) is 0 Å². The van der Waals surface area contributed by atoms with Gasteiger partial charge in [-0.3, -0.25) is 0 Å². The summed E-state index contributed by atoms with van der Waals surface area (Å²) in [6.45, 7) is 9.98. The van der Waals surface area contributed by atoms with Crippen LogP contribution in [-0.4, -0.2) is 13.1 Å². The first-order valence-electron chi connectivity index (χ1n) is 8.98. The van der Waals surface area contributed by atoms with Gasteiger partial charge in [-0.1, -0.05) is 34.1 Å². The van der Waals surface area contributed by atoms with Crippen molar-refractivity contribution in [3.05, 3.63) is 0 Å². The van der Waals surface area contributed by atoms with E-state index in [0.717, 1.165) is 17.9 Å². The molecule has 116 valence electrons. The maximum atomic E-state index is 3.65. The Hall–Kier alpha value is -0.0400. The van der Waals surface area contributed by atoms with E-state index in [0.29, 0.717) is 16.2 Å². The van der Waals surface area contributed by atoms with Gasteiger partial charge in [0.2, 0.25) is 0 Å². The largest absolute Gasteiger partial charge is 0.317 e. The lowest BCUT2D eigenvalue weighted by molar-refractivity contribution is -0.151. The lowest BCUT2D eigenvalue weighted by Gasteiger charge is -2.66. The molecule has 0 aliphatic heterocycles. The molecule has 4 rings (SSSR count). The van der Waals surface area contributed by atoms with Crippen molar-refractivity contribution in [3.8, 4) is 0 Å². The highest BCUT2D eigenvalue weighted by molar-refractivity contribution is 5.11. The van der Waals surface area contributed by atoms with Crippen LogP contribution in [0.15, 0.2) is 0 Å². The number of nitrogens with one attached hydrogen (secondary N) is 1. The molecule has 0 amide bonds. The molecule has 4 unspecified atom stereocenters. The first-order valence-corrected chi connectivity index (χ1v) is 8.98. The first kappa shape index (κ1) is 14.9. The lowest BCUT2D eigenvalue weighted by atomic mass is 9.39. The molecule has 4 bridgehead atoms. The third-order valence-electron chi connectivity index (χ3n) is 7.10. The molecule has 4 aliphatic rings. The van der Waals surface area contributed by atoms with Crippen LogP contribution in [0.4, 0.5) is 0 Å². The molecule has 0 aromatic rings. The summed E-state index contributed by atoms with van der Waals surface area (Å²) < 4.78 is 0. The zero-order valence-corrected chi connectivity index (χ0v) is 14.4. The van der Waals surface area contributed by atoms with Gasteiger partial charge in [-0.05, 0) is 80.1 Å². The minimum absolute atomic E-state index is 0.667. The van der Waals surface area contributed by atoms with E-state index in [9.17, 15) is 0 Å². The molecule has 0 aromatic carbocycles. The van der Waals surface area contributed by atoms with E-state index in [2.05, 4.69) is 40.1 Å². The van der Waals surface area contributed by atoms with Gasteiger partial charge in [0.05, 0.1) is 0 Å². The number of hydrogen-bond acceptors (Lipinski definition) is 1. The summed E-state index contributed by atoms with van der Waals surface area (Å²) in [6.07, 6.45) is 11.9. The molecule has 0 heterocycles. The van der Waals surface area contributed by atoms with Crippen LogP contribution in [0.5, 0.6) is 0 Å². The van der Waals surface area contributed by atoms with Crippen LogP contribution in [0.25, 0.3) is 0 Å². The summed E-state index contributed by atoms with van der Waals surface area (Å²) in [5, 5.41) is 3.65. The molecule has 20 heavy (non-hydrogen) atoms. The third kappa shape index (κ3) is 2.45. The van der Waals surface area contributed by atoms with Gasteiger partial charge in [0, 0.05) is 6.04 Å². The SMILES string of the molecule is CCC(C)C(CC12CC3CC(C)(CC(C)(C3)C1)C2)NC. The Morgan fingerprint density at radius 1 is 1.05 bits per heavy atom. The summed E-state index contributed by atoms with van der Waals surface area (Å²) in [5.74, 6) is 1.85. The molecule has 1 nitrogen and oxygen atoms in total. The van der Waals surface area contributed by atoms with Gasteiger partial charge in [-0.2, -0.15) is 0 Å².